The number of nitrogens with zero attached hydrogens (tertiary/aromatic N) is 1. The summed E-state index contributed by atoms with van der Waals surface area (Å²) in [5.41, 5.74) is 2.92. The zero-order chi connectivity index (χ0) is 23.6. The van der Waals surface area contributed by atoms with Crippen molar-refractivity contribution in [2.75, 3.05) is 16.2 Å². The van der Waals surface area contributed by atoms with E-state index in [0.29, 0.717) is 29.0 Å². The summed E-state index contributed by atoms with van der Waals surface area (Å²) in [4.78, 5) is 25.8. The summed E-state index contributed by atoms with van der Waals surface area (Å²) < 4.78 is 29.1. The molecule has 0 spiro atoms. The van der Waals surface area contributed by atoms with Gasteiger partial charge in [-0.05, 0) is 49.9 Å². The minimum absolute atomic E-state index is 0.164. The maximum absolute atomic E-state index is 14.0. The molecule has 0 saturated heterocycles. The third-order valence-electron chi connectivity index (χ3n) is 5.83. The van der Waals surface area contributed by atoms with E-state index < -0.39 is 22.0 Å². The zero-order valence-corrected chi connectivity index (χ0v) is 20.0. The van der Waals surface area contributed by atoms with Gasteiger partial charge in [-0.2, -0.15) is 0 Å². The average molecular weight is 458 g/mol. The van der Waals surface area contributed by atoms with E-state index in [0.717, 1.165) is 16.3 Å². The van der Waals surface area contributed by atoms with Gasteiger partial charge in [0, 0.05) is 6.54 Å². The Bertz CT molecular complexity index is 1120. The average Bonchev–Trinajstić information content (AvgIpc) is 2.71. The molecule has 1 aliphatic rings. The number of para-hydroxylation sites is 2. The summed E-state index contributed by atoms with van der Waals surface area (Å²) in [5.74, 6) is -0.590. The van der Waals surface area contributed by atoms with Gasteiger partial charge in [0.05, 0.1) is 22.7 Å². The maximum atomic E-state index is 14.0. The van der Waals surface area contributed by atoms with Crippen molar-refractivity contribution in [1.29, 1.82) is 0 Å². The summed E-state index contributed by atoms with van der Waals surface area (Å²) >= 11 is 0. The summed E-state index contributed by atoms with van der Waals surface area (Å²) in [6.07, 6.45) is 0.643. The van der Waals surface area contributed by atoms with Crippen LogP contribution in [0.3, 0.4) is 0 Å². The highest BCUT2D eigenvalue weighted by Crippen LogP contribution is 2.38. The molecule has 0 fully saturated rings. The lowest BCUT2D eigenvalue weighted by Crippen LogP contribution is -2.53. The second kappa shape index (κ2) is 9.32. The molecular weight excluding hydrogens is 426 g/mol. The van der Waals surface area contributed by atoms with Crippen LogP contribution in [0, 0.1) is 26.7 Å². The SMILES string of the molecule is CCC(C)CNC(=O)CC1C(=O)Nc2ccccc2N1S(=O)(=O)c1c(C)cc(C)cc1C. The molecule has 3 rings (SSSR count). The molecule has 172 valence electrons. The number of carbonyl (C=O) groups is 2. The number of hydrogen-bond donors (Lipinski definition) is 2. The number of anilines is 2. The monoisotopic (exact) mass is 457 g/mol. The summed E-state index contributed by atoms with van der Waals surface area (Å²) in [5, 5.41) is 5.58. The maximum Gasteiger partial charge on any atom is 0.265 e. The van der Waals surface area contributed by atoms with Gasteiger partial charge in [-0.15, -0.1) is 0 Å². The number of fused-ring (bicyclic) bond motifs is 1. The molecule has 2 unspecified atom stereocenters. The van der Waals surface area contributed by atoms with Crippen LogP contribution in [0.4, 0.5) is 11.4 Å². The van der Waals surface area contributed by atoms with Crippen molar-refractivity contribution in [2.24, 2.45) is 5.92 Å². The molecule has 7 nitrogen and oxygen atoms in total. The van der Waals surface area contributed by atoms with Crippen molar-refractivity contribution < 1.29 is 18.0 Å². The van der Waals surface area contributed by atoms with Crippen LogP contribution in [-0.2, 0) is 19.6 Å². The summed E-state index contributed by atoms with van der Waals surface area (Å²) in [6.45, 7) is 9.92. The van der Waals surface area contributed by atoms with Crippen molar-refractivity contribution in [3.63, 3.8) is 0 Å². The molecule has 2 aromatic rings. The Balaban J connectivity index is 2.08. The number of sulfonamides is 1. The van der Waals surface area contributed by atoms with Gasteiger partial charge in [0.2, 0.25) is 11.8 Å². The molecule has 32 heavy (non-hydrogen) atoms. The first-order valence-corrected chi connectivity index (χ1v) is 12.3. The normalized spacial score (nSPS) is 16.8. The van der Waals surface area contributed by atoms with E-state index in [1.807, 2.05) is 32.9 Å². The van der Waals surface area contributed by atoms with Crippen molar-refractivity contribution in [1.82, 2.24) is 5.32 Å². The lowest BCUT2D eigenvalue weighted by molar-refractivity contribution is -0.125. The van der Waals surface area contributed by atoms with Gasteiger partial charge in [-0.1, -0.05) is 50.1 Å². The van der Waals surface area contributed by atoms with Gasteiger partial charge in [-0.25, -0.2) is 8.42 Å². The van der Waals surface area contributed by atoms with Gasteiger partial charge >= 0.3 is 0 Å². The minimum Gasteiger partial charge on any atom is -0.356 e. The standard InChI is InChI=1S/C24H31N3O4S/c1-6-15(2)14-25-22(28)13-21-24(29)26-19-9-7-8-10-20(19)27(21)32(30,31)23-17(4)11-16(3)12-18(23)5/h7-12,15,21H,6,13-14H2,1-5H3,(H,25,28)(H,26,29). The molecule has 2 atom stereocenters. The number of hydrogen-bond acceptors (Lipinski definition) is 4. The van der Waals surface area contributed by atoms with E-state index >= 15 is 0 Å². The Morgan fingerprint density at radius 2 is 1.78 bits per heavy atom. The Labute approximate surface area is 190 Å². The first kappa shape index (κ1) is 23.8. The first-order chi connectivity index (χ1) is 15.1. The molecule has 0 saturated carbocycles. The molecule has 1 aliphatic heterocycles. The van der Waals surface area contributed by atoms with Gasteiger partial charge < -0.3 is 10.6 Å². The molecule has 0 bridgehead atoms. The van der Waals surface area contributed by atoms with E-state index in [2.05, 4.69) is 10.6 Å². The van der Waals surface area contributed by atoms with E-state index in [-0.39, 0.29) is 23.1 Å². The van der Waals surface area contributed by atoms with E-state index in [1.165, 1.54) is 0 Å². The van der Waals surface area contributed by atoms with Crippen molar-refractivity contribution in [3.05, 3.63) is 53.1 Å². The van der Waals surface area contributed by atoms with Crippen LogP contribution < -0.4 is 14.9 Å². The number of carbonyl (C=O) groups excluding carboxylic acids is 2. The van der Waals surface area contributed by atoms with Crippen LogP contribution in [0.15, 0.2) is 41.3 Å². The Morgan fingerprint density at radius 1 is 1.16 bits per heavy atom. The number of nitrogens with one attached hydrogen (secondary N) is 2. The van der Waals surface area contributed by atoms with E-state index in [1.54, 1.807) is 38.1 Å². The predicted molar refractivity (Wildman–Crippen MR) is 126 cm³/mol. The molecule has 0 aliphatic carbocycles. The molecule has 8 heteroatoms. The van der Waals surface area contributed by atoms with Crippen LogP contribution in [-0.4, -0.2) is 32.8 Å². The van der Waals surface area contributed by atoms with Crippen LogP contribution in [0.5, 0.6) is 0 Å². The van der Waals surface area contributed by atoms with E-state index in [9.17, 15) is 18.0 Å². The minimum atomic E-state index is -4.12. The first-order valence-electron chi connectivity index (χ1n) is 10.8. The molecule has 1 heterocycles. The summed E-state index contributed by atoms with van der Waals surface area (Å²) in [6, 6.07) is 9.18. The van der Waals surface area contributed by atoms with E-state index in [4.69, 9.17) is 0 Å². The third kappa shape index (κ3) is 4.65. The number of rotatable bonds is 7. The smallest absolute Gasteiger partial charge is 0.265 e. The number of amides is 2. The van der Waals surface area contributed by atoms with Crippen LogP contribution in [0.25, 0.3) is 0 Å². The molecule has 2 amide bonds. The highest BCUT2D eigenvalue weighted by Gasteiger charge is 2.42. The third-order valence-corrected chi connectivity index (χ3v) is 7.96. The molecule has 2 aromatic carbocycles. The van der Waals surface area contributed by atoms with Gasteiger partial charge in [0.15, 0.2) is 0 Å². The van der Waals surface area contributed by atoms with Crippen LogP contribution in [0.1, 0.15) is 43.4 Å². The fourth-order valence-corrected chi connectivity index (χ4v) is 6.14. The zero-order valence-electron chi connectivity index (χ0n) is 19.2. The second-order valence-electron chi connectivity index (χ2n) is 8.57. The lowest BCUT2D eigenvalue weighted by atomic mass is 10.1. The van der Waals surface area contributed by atoms with Gasteiger partial charge in [-0.3, -0.25) is 13.9 Å². The number of aryl methyl sites for hydroxylation is 3. The molecule has 2 N–H and O–H groups in total. The van der Waals surface area contributed by atoms with Crippen molar-refractivity contribution in [2.45, 2.75) is 58.4 Å². The quantitative estimate of drug-likeness (QED) is 0.663. The molecule has 0 aromatic heterocycles. The highest BCUT2D eigenvalue weighted by atomic mass is 32.2. The molecule has 0 radical (unpaired) electrons. The second-order valence-corrected chi connectivity index (χ2v) is 10.3. The fourth-order valence-electron chi connectivity index (χ4n) is 4.09. The van der Waals surface area contributed by atoms with Crippen LogP contribution >= 0.6 is 0 Å². The van der Waals surface area contributed by atoms with Crippen molar-refractivity contribution >= 4 is 33.2 Å². The number of benzene rings is 2. The van der Waals surface area contributed by atoms with Crippen LogP contribution in [0.2, 0.25) is 0 Å². The largest absolute Gasteiger partial charge is 0.356 e. The van der Waals surface area contributed by atoms with Crippen molar-refractivity contribution in [3.8, 4) is 0 Å². The Morgan fingerprint density at radius 3 is 2.41 bits per heavy atom. The van der Waals surface area contributed by atoms with Gasteiger partial charge in [0.1, 0.15) is 6.04 Å². The van der Waals surface area contributed by atoms with Gasteiger partial charge in [0.25, 0.3) is 10.0 Å². The fraction of sp³-hybridized carbons (Fsp3) is 0.417. The predicted octanol–water partition coefficient (Wildman–Crippen LogP) is 3.68. The summed E-state index contributed by atoms with van der Waals surface area (Å²) in [7, 11) is -4.12. The highest BCUT2D eigenvalue weighted by molar-refractivity contribution is 7.93. The Kier molecular flexibility index (Phi) is 6.93. The Hall–Kier alpha value is -2.87. The lowest BCUT2D eigenvalue weighted by Gasteiger charge is -2.37. The topological polar surface area (TPSA) is 95.6 Å². The molecular formula is C24H31N3O4S.